The van der Waals surface area contributed by atoms with Gasteiger partial charge in [0, 0.05) is 36.2 Å². The Hall–Kier alpha value is -3.35. The van der Waals surface area contributed by atoms with Gasteiger partial charge in [-0.15, -0.1) is 10.2 Å². The van der Waals surface area contributed by atoms with Crippen LogP contribution in [-0.4, -0.2) is 54.6 Å². The third-order valence-electron chi connectivity index (χ3n) is 7.26. The molecule has 0 aliphatic carbocycles. The number of pyridine rings is 1. The van der Waals surface area contributed by atoms with Gasteiger partial charge < -0.3 is 4.90 Å². The Labute approximate surface area is 214 Å². The number of nitriles is 1. The molecule has 1 fully saturated rings. The number of anilines is 1. The summed E-state index contributed by atoms with van der Waals surface area (Å²) in [4.78, 5) is 14.3. The third kappa shape index (κ3) is 4.14. The highest BCUT2D eigenvalue weighted by Crippen LogP contribution is 2.37. The van der Waals surface area contributed by atoms with Crippen molar-refractivity contribution in [3.05, 3.63) is 58.8 Å². The molecule has 4 heterocycles. The average molecular weight is 507 g/mol. The number of halogens is 2. The van der Waals surface area contributed by atoms with Crippen LogP contribution < -0.4 is 4.90 Å². The lowest BCUT2D eigenvalue weighted by atomic mass is 9.94. The van der Waals surface area contributed by atoms with Gasteiger partial charge in [0.2, 0.25) is 0 Å². The molecule has 0 saturated carbocycles. The van der Waals surface area contributed by atoms with Gasteiger partial charge in [0.05, 0.1) is 5.52 Å². The van der Waals surface area contributed by atoms with E-state index < -0.39 is 0 Å². The summed E-state index contributed by atoms with van der Waals surface area (Å²) in [6.45, 7) is 8.02. The largest absolute Gasteiger partial charge is 0.349 e. The number of aromatic nitrogens is 5. The van der Waals surface area contributed by atoms with Gasteiger partial charge >= 0.3 is 0 Å². The van der Waals surface area contributed by atoms with Crippen molar-refractivity contribution in [3.8, 4) is 6.07 Å². The predicted molar refractivity (Wildman–Crippen MR) is 137 cm³/mol. The van der Waals surface area contributed by atoms with E-state index in [-0.39, 0.29) is 23.9 Å². The van der Waals surface area contributed by atoms with Gasteiger partial charge in [-0.25, -0.2) is 9.37 Å². The SMILES string of the molecule is CC[C@H]1CN([C@H](CC)c2ccc(F)cc2Cl)[C@H](CC)CN1c1nc2nncn2c2ccc(C#N)nc12. The molecule has 1 aromatic carbocycles. The molecule has 0 spiro atoms. The maximum atomic E-state index is 13.8. The Morgan fingerprint density at radius 3 is 2.61 bits per heavy atom. The summed E-state index contributed by atoms with van der Waals surface area (Å²) in [5.74, 6) is 0.896. The van der Waals surface area contributed by atoms with E-state index in [4.69, 9.17) is 16.6 Å². The highest BCUT2D eigenvalue weighted by molar-refractivity contribution is 6.31. The van der Waals surface area contributed by atoms with Crippen molar-refractivity contribution in [2.45, 2.75) is 58.2 Å². The number of nitrogens with zero attached hydrogens (tertiary/aromatic N) is 8. The molecular weight excluding hydrogens is 479 g/mol. The molecule has 8 nitrogen and oxygen atoms in total. The summed E-state index contributed by atoms with van der Waals surface area (Å²) in [5.41, 5.74) is 2.77. The van der Waals surface area contributed by atoms with E-state index in [2.05, 4.69) is 51.8 Å². The predicted octanol–water partition coefficient (Wildman–Crippen LogP) is 5.17. The number of benzene rings is 1. The van der Waals surface area contributed by atoms with Gasteiger partial charge in [-0.2, -0.15) is 10.2 Å². The van der Waals surface area contributed by atoms with Crippen molar-refractivity contribution in [2.24, 2.45) is 0 Å². The molecule has 0 radical (unpaired) electrons. The summed E-state index contributed by atoms with van der Waals surface area (Å²) in [5, 5.41) is 18.2. The van der Waals surface area contributed by atoms with Crippen LogP contribution in [0.3, 0.4) is 0 Å². The first-order valence-corrected chi connectivity index (χ1v) is 12.7. The lowest BCUT2D eigenvalue weighted by Gasteiger charge is -2.49. The quantitative estimate of drug-likeness (QED) is 0.356. The Kier molecular flexibility index (Phi) is 6.73. The van der Waals surface area contributed by atoms with Gasteiger partial charge in [-0.05, 0) is 49.1 Å². The number of hydrogen-bond donors (Lipinski definition) is 0. The molecule has 1 saturated heterocycles. The minimum absolute atomic E-state index is 0.0752. The highest BCUT2D eigenvalue weighted by atomic mass is 35.5. The summed E-state index contributed by atoms with van der Waals surface area (Å²) < 4.78 is 15.6. The van der Waals surface area contributed by atoms with Crippen LogP contribution in [0.4, 0.5) is 10.2 Å². The Balaban J connectivity index is 1.58. The summed E-state index contributed by atoms with van der Waals surface area (Å²) in [7, 11) is 0. The minimum atomic E-state index is -0.326. The lowest BCUT2D eigenvalue weighted by Crippen LogP contribution is -2.59. The zero-order chi connectivity index (χ0) is 25.4. The number of fused-ring (bicyclic) bond motifs is 3. The zero-order valence-electron chi connectivity index (χ0n) is 20.6. The molecule has 0 unspecified atom stereocenters. The second kappa shape index (κ2) is 9.96. The Bertz CT molecular complexity index is 1450. The molecule has 5 rings (SSSR count). The van der Waals surface area contributed by atoms with Crippen LogP contribution >= 0.6 is 11.6 Å². The maximum absolute atomic E-state index is 13.8. The van der Waals surface area contributed by atoms with Gasteiger partial charge in [-0.1, -0.05) is 38.4 Å². The van der Waals surface area contributed by atoms with E-state index in [9.17, 15) is 9.65 Å². The van der Waals surface area contributed by atoms with E-state index in [1.165, 1.54) is 12.1 Å². The smallest absolute Gasteiger partial charge is 0.257 e. The van der Waals surface area contributed by atoms with E-state index in [0.717, 1.165) is 49.2 Å². The van der Waals surface area contributed by atoms with Crippen LogP contribution in [0, 0.1) is 17.1 Å². The zero-order valence-corrected chi connectivity index (χ0v) is 21.3. The van der Waals surface area contributed by atoms with Crippen LogP contribution in [-0.2, 0) is 0 Å². The molecule has 3 aromatic heterocycles. The van der Waals surface area contributed by atoms with Crippen LogP contribution in [0.1, 0.15) is 57.3 Å². The van der Waals surface area contributed by atoms with Crippen molar-refractivity contribution in [1.82, 2.24) is 29.5 Å². The van der Waals surface area contributed by atoms with Crippen LogP contribution in [0.5, 0.6) is 0 Å². The molecular formula is C26H28ClFN8. The van der Waals surface area contributed by atoms with Crippen molar-refractivity contribution < 1.29 is 4.39 Å². The number of rotatable bonds is 6. The Morgan fingerprint density at radius 1 is 1.11 bits per heavy atom. The van der Waals surface area contributed by atoms with Crippen molar-refractivity contribution in [3.63, 3.8) is 0 Å². The van der Waals surface area contributed by atoms with E-state index in [1.54, 1.807) is 16.8 Å². The van der Waals surface area contributed by atoms with Gasteiger partial charge in [0.25, 0.3) is 5.78 Å². The normalized spacial score (nSPS) is 19.6. The molecule has 36 heavy (non-hydrogen) atoms. The van der Waals surface area contributed by atoms with Crippen molar-refractivity contribution in [2.75, 3.05) is 18.0 Å². The van der Waals surface area contributed by atoms with E-state index in [0.29, 0.717) is 22.0 Å². The molecule has 1 aliphatic heterocycles. The molecule has 3 atom stereocenters. The Morgan fingerprint density at radius 2 is 1.92 bits per heavy atom. The molecule has 1 aliphatic rings. The molecule has 0 amide bonds. The van der Waals surface area contributed by atoms with Gasteiger partial charge in [0.15, 0.2) is 5.82 Å². The van der Waals surface area contributed by atoms with Crippen molar-refractivity contribution in [1.29, 1.82) is 5.26 Å². The molecule has 4 aromatic rings. The first-order valence-electron chi connectivity index (χ1n) is 12.4. The number of hydrogen-bond acceptors (Lipinski definition) is 7. The fourth-order valence-electron chi connectivity index (χ4n) is 5.43. The van der Waals surface area contributed by atoms with E-state index in [1.807, 2.05) is 12.1 Å². The van der Waals surface area contributed by atoms with Gasteiger partial charge in [-0.3, -0.25) is 9.30 Å². The molecule has 186 valence electrons. The first-order chi connectivity index (χ1) is 17.5. The number of piperazine rings is 1. The standard InChI is InChI=1S/C26H28ClFN8/c1-4-18-14-35(19(5-2)13-34(18)22(6-3)20-9-7-16(28)11-21(20)27)25-24-23(10-8-17(12-29)31-24)36-15-30-33-26(36)32-25/h7-11,15,18-19,22H,4-6,13-14H2,1-3H3/t18-,19+,22-/m1/s1. The maximum Gasteiger partial charge on any atom is 0.257 e. The molecule has 0 N–H and O–H groups in total. The second-order valence-electron chi connectivity index (χ2n) is 9.18. The average Bonchev–Trinajstić information content (AvgIpc) is 3.38. The molecule has 0 bridgehead atoms. The minimum Gasteiger partial charge on any atom is -0.349 e. The fraction of sp³-hybridized carbons (Fsp3) is 0.423. The van der Waals surface area contributed by atoms with E-state index >= 15 is 0 Å². The first kappa shape index (κ1) is 24.3. The topological polar surface area (TPSA) is 86.2 Å². The summed E-state index contributed by atoms with van der Waals surface area (Å²) >= 11 is 6.51. The van der Waals surface area contributed by atoms with Crippen LogP contribution in [0.15, 0.2) is 36.7 Å². The monoisotopic (exact) mass is 506 g/mol. The second-order valence-corrected chi connectivity index (χ2v) is 9.58. The lowest BCUT2D eigenvalue weighted by molar-refractivity contribution is 0.0896. The highest BCUT2D eigenvalue weighted by Gasteiger charge is 2.38. The third-order valence-corrected chi connectivity index (χ3v) is 7.58. The van der Waals surface area contributed by atoms with Crippen LogP contribution in [0.25, 0.3) is 16.8 Å². The molecule has 10 heteroatoms. The van der Waals surface area contributed by atoms with Crippen molar-refractivity contribution >= 4 is 34.2 Å². The van der Waals surface area contributed by atoms with Gasteiger partial charge in [0.1, 0.15) is 29.4 Å². The summed E-state index contributed by atoms with van der Waals surface area (Å²) in [6, 6.07) is 10.9. The van der Waals surface area contributed by atoms with Crippen LogP contribution in [0.2, 0.25) is 5.02 Å². The fourth-order valence-corrected chi connectivity index (χ4v) is 5.72. The summed E-state index contributed by atoms with van der Waals surface area (Å²) in [6.07, 6.45) is 4.28.